The molecular weight excluding hydrogens is 414 g/mol. The van der Waals surface area contributed by atoms with Gasteiger partial charge in [-0.15, -0.1) is 6.58 Å². The lowest BCUT2D eigenvalue weighted by Crippen LogP contribution is -2.30. The van der Waals surface area contributed by atoms with Gasteiger partial charge in [-0.1, -0.05) is 36.1 Å². The summed E-state index contributed by atoms with van der Waals surface area (Å²) in [6, 6.07) is 10.0. The predicted octanol–water partition coefficient (Wildman–Crippen LogP) is 7.81. The smallest absolute Gasteiger partial charge is 0.166 e. The first-order valence-electron chi connectivity index (χ1n) is 12.0. The Bertz CT molecular complexity index is 1070. The molecule has 0 aliphatic heterocycles. The number of benzene rings is 2. The molecule has 0 bridgehead atoms. The number of ether oxygens (including phenoxy) is 1. The zero-order valence-corrected chi connectivity index (χ0v) is 19.3. The SMILES string of the molecule is C=CC1CCC2CC(c3ccc(C#Cc4ccc(OC/C=C/C)c(F)c4)c(F)c3)CCC2C1. The van der Waals surface area contributed by atoms with E-state index in [0.717, 1.165) is 30.2 Å². The molecule has 0 heterocycles. The largest absolute Gasteiger partial charge is 0.486 e. The minimum Gasteiger partial charge on any atom is -0.486 e. The first-order valence-corrected chi connectivity index (χ1v) is 12.0. The van der Waals surface area contributed by atoms with E-state index in [9.17, 15) is 8.78 Å². The van der Waals surface area contributed by atoms with Crippen LogP contribution in [0.3, 0.4) is 0 Å². The Kier molecular flexibility index (Phi) is 7.65. The van der Waals surface area contributed by atoms with E-state index in [1.54, 1.807) is 30.3 Å². The molecule has 2 fully saturated rings. The summed E-state index contributed by atoms with van der Waals surface area (Å²) in [5.41, 5.74) is 1.91. The minimum absolute atomic E-state index is 0.182. The van der Waals surface area contributed by atoms with Gasteiger partial charge in [-0.2, -0.15) is 0 Å². The Labute approximate surface area is 196 Å². The minimum atomic E-state index is -0.472. The van der Waals surface area contributed by atoms with Crippen molar-refractivity contribution in [2.45, 2.75) is 51.4 Å². The highest BCUT2D eigenvalue weighted by atomic mass is 19.1. The topological polar surface area (TPSA) is 9.23 Å². The molecular formula is C30H32F2O. The van der Waals surface area contributed by atoms with Crippen LogP contribution in [-0.2, 0) is 0 Å². The molecule has 0 saturated heterocycles. The molecule has 1 nitrogen and oxygen atoms in total. The van der Waals surface area contributed by atoms with Crippen LogP contribution in [-0.4, -0.2) is 6.61 Å². The fourth-order valence-corrected chi connectivity index (χ4v) is 5.40. The van der Waals surface area contributed by atoms with Gasteiger partial charge in [-0.25, -0.2) is 8.78 Å². The molecule has 2 aliphatic rings. The maximum Gasteiger partial charge on any atom is 0.166 e. The summed E-state index contributed by atoms with van der Waals surface area (Å²) in [6.45, 7) is 6.17. The van der Waals surface area contributed by atoms with Gasteiger partial charge in [0.25, 0.3) is 0 Å². The summed E-state index contributed by atoms with van der Waals surface area (Å²) in [5.74, 6) is 7.79. The first kappa shape index (κ1) is 23.3. The molecule has 2 saturated carbocycles. The molecule has 0 amide bonds. The van der Waals surface area contributed by atoms with E-state index in [2.05, 4.69) is 24.5 Å². The van der Waals surface area contributed by atoms with Crippen LogP contribution in [0, 0.1) is 41.2 Å². The molecule has 4 atom stereocenters. The van der Waals surface area contributed by atoms with Gasteiger partial charge in [-0.3, -0.25) is 0 Å². The van der Waals surface area contributed by atoms with Gasteiger partial charge < -0.3 is 4.74 Å². The van der Waals surface area contributed by atoms with Gasteiger partial charge >= 0.3 is 0 Å². The van der Waals surface area contributed by atoms with Crippen molar-refractivity contribution >= 4 is 0 Å². The van der Waals surface area contributed by atoms with Crippen molar-refractivity contribution < 1.29 is 13.5 Å². The highest BCUT2D eigenvalue weighted by Gasteiger charge is 2.35. The summed E-state index contributed by atoms with van der Waals surface area (Å²) < 4.78 is 34.4. The summed E-state index contributed by atoms with van der Waals surface area (Å²) in [6.07, 6.45) is 13.0. The van der Waals surface area contributed by atoms with Crippen LogP contribution in [0.5, 0.6) is 5.75 Å². The van der Waals surface area contributed by atoms with Crippen LogP contribution >= 0.6 is 0 Å². The van der Waals surface area contributed by atoms with Crippen molar-refractivity contribution in [3.63, 3.8) is 0 Å². The molecule has 2 aromatic rings. The summed E-state index contributed by atoms with van der Waals surface area (Å²) in [5, 5.41) is 0. The zero-order chi connectivity index (χ0) is 23.2. The van der Waals surface area contributed by atoms with Crippen LogP contribution in [0.2, 0.25) is 0 Å². The van der Waals surface area contributed by atoms with Crippen LogP contribution in [0.25, 0.3) is 0 Å². The molecule has 33 heavy (non-hydrogen) atoms. The van der Waals surface area contributed by atoms with Crippen LogP contribution in [0.1, 0.15) is 68.1 Å². The third-order valence-corrected chi connectivity index (χ3v) is 7.30. The van der Waals surface area contributed by atoms with Gasteiger partial charge in [-0.05, 0) is 105 Å². The second kappa shape index (κ2) is 10.8. The number of halogens is 2. The number of allylic oxidation sites excluding steroid dienone is 2. The molecule has 2 aliphatic carbocycles. The summed E-state index contributed by atoms with van der Waals surface area (Å²) in [4.78, 5) is 0. The highest BCUT2D eigenvalue weighted by molar-refractivity contribution is 5.46. The van der Waals surface area contributed by atoms with E-state index in [1.807, 2.05) is 19.1 Å². The van der Waals surface area contributed by atoms with Gasteiger partial charge in [0, 0.05) is 5.56 Å². The molecule has 4 rings (SSSR count). The van der Waals surface area contributed by atoms with E-state index in [-0.39, 0.29) is 11.6 Å². The van der Waals surface area contributed by atoms with E-state index in [0.29, 0.717) is 29.6 Å². The van der Waals surface area contributed by atoms with Crippen molar-refractivity contribution in [3.8, 4) is 17.6 Å². The number of hydrogen-bond donors (Lipinski definition) is 0. The third-order valence-electron chi connectivity index (χ3n) is 7.30. The second-order valence-electron chi connectivity index (χ2n) is 9.35. The van der Waals surface area contributed by atoms with Gasteiger partial charge in [0.1, 0.15) is 12.4 Å². The standard InChI is InChI=1S/C30H32F2O/c1-3-5-16-33-30-15-8-22(18-29(30)32)7-9-23-11-12-27(20-28(23)31)26-14-13-24-17-21(4-2)6-10-25(24)19-26/h3-5,8,11-12,15,18,20-21,24-26H,2,6,10,13-14,16-17,19H2,1H3/b5-3+. The molecule has 4 unspecified atom stereocenters. The van der Waals surface area contributed by atoms with Crippen molar-refractivity contribution in [3.05, 3.63) is 89.5 Å². The van der Waals surface area contributed by atoms with Crippen LogP contribution in [0.15, 0.2) is 61.2 Å². The lowest BCUT2D eigenvalue weighted by atomic mass is 9.64. The summed E-state index contributed by atoms with van der Waals surface area (Å²) >= 11 is 0. The van der Waals surface area contributed by atoms with Gasteiger partial charge in [0.05, 0.1) is 5.56 Å². The lowest BCUT2D eigenvalue weighted by Gasteiger charge is -2.41. The number of rotatable bonds is 5. The molecule has 0 N–H and O–H groups in total. The van der Waals surface area contributed by atoms with E-state index in [4.69, 9.17) is 4.74 Å². The van der Waals surface area contributed by atoms with E-state index in [1.165, 1.54) is 31.7 Å². The average molecular weight is 447 g/mol. The van der Waals surface area contributed by atoms with Crippen molar-refractivity contribution in [1.29, 1.82) is 0 Å². The molecule has 3 heteroatoms. The predicted molar refractivity (Wildman–Crippen MR) is 130 cm³/mol. The fraction of sp³-hybridized carbons (Fsp3) is 0.400. The van der Waals surface area contributed by atoms with E-state index < -0.39 is 5.82 Å². The molecule has 2 aromatic carbocycles. The van der Waals surface area contributed by atoms with Crippen molar-refractivity contribution in [1.82, 2.24) is 0 Å². The number of fused-ring (bicyclic) bond motifs is 1. The first-order chi connectivity index (χ1) is 16.1. The Morgan fingerprint density at radius 3 is 2.55 bits per heavy atom. The average Bonchev–Trinajstić information content (AvgIpc) is 2.84. The summed E-state index contributed by atoms with van der Waals surface area (Å²) in [7, 11) is 0. The Hall–Kier alpha value is -2.86. The maximum absolute atomic E-state index is 14.8. The quantitative estimate of drug-likeness (QED) is 0.336. The Balaban J connectivity index is 1.41. The molecule has 0 aromatic heterocycles. The lowest BCUT2D eigenvalue weighted by molar-refractivity contribution is 0.133. The van der Waals surface area contributed by atoms with Crippen LogP contribution < -0.4 is 4.74 Å². The van der Waals surface area contributed by atoms with Gasteiger partial charge in [0.15, 0.2) is 11.6 Å². The molecule has 172 valence electrons. The fourth-order valence-electron chi connectivity index (χ4n) is 5.40. The highest BCUT2D eigenvalue weighted by Crippen LogP contribution is 2.47. The monoisotopic (exact) mass is 446 g/mol. The second-order valence-corrected chi connectivity index (χ2v) is 9.35. The molecule has 0 spiro atoms. The van der Waals surface area contributed by atoms with Crippen molar-refractivity contribution in [2.24, 2.45) is 17.8 Å². The normalized spacial score (nSPS) is 24.6. The van der Waals surface area contributed by atoms with Gasteiger partial charge in [0.2, 0.25) is 0 Å². The van der Waals surface area contributed by atoms with Crippen molar-refractivity contribution in [2.75, 3.05) is 6.61 Å². The Morgan fingerprint density at radius 1 is 0.970 bits per heavy atom. The Morgan fingerprint density at radius 2 is 1.79 bits per heavy atom. The number of hydrogen-bond acceptors (Lipinski definition) is 1. The zero-order valence-electron chi connectivity index (χ0n) is 19.3. The van der Waals surface area contributed by atoms with E-state index >= 15 is 0 Å². The third kappa shape index (κ3) is 5.74. The maximum atomic E-state index is 14.8. The van der Waals surface area contributed by atoms with Crippen LogP contribution in [0.4, 0.5) is 8.78 Å². The molecule has 0 radical (unpaired) electrons.